The van der Waals surface area contributed by atoms with Gasteiger partial charge in [-0.05, 0) is 91.6 Å². The van der Waals surface area contributed by atoms with E-state index in [1.165, 1.54) is 0 Å². The van der Waals surface area contributed by atoms with Crippen LogP contribution in [-0.4, -0.2) is 45.9 Å². The summed E-state index contributed by atoms with van der Waals surface area (Å²) in [6.45, 7) is 9.33. The Morgan fingerprint density at radius 2 is 1.64 bits per heavy atom. The Morgan fingerprint density at radius 1 is 0.972 bits per heavy atom. The number of sulfonamides is 1. The van der Waals surface area contributed by atoms with Crippen LogP contribution in [0.25, 0.3) is 0 Å². The van der Waals surface area contributed by atoms with Gasteiger partial charge in [0.15, 0.2) is 0 Å². The van der Waals surface area contributed by atoms with E-state index in [0.717, 1.165) is 41.7 Å². The quantitative estimate of drug-likeness (QED) is 0.474. The number of aryl methyl sites for hydroxylation is 2. The maximum Gasteiger partial charge on any atom is 0.243 e. The van der Waals surface area contributed by atoms with Crippen molar-refractivity contribution >= 4 is 15.9 Å². The number of hydrogen-bond donors (Lipinski definition) is 1. The number of benzene rings is 2. The molecule has 1 N–H and O–H groups in total. The second-order valence-electron chi connectivity index (χ2n) is 9.83. The first-order valence-corrected chi connectivity index (χ1v) is 14.2. The monoisotopic (exact) mass is 516 g/mol. The molecule has 1 saturated heterocycles. The van der Waals surface area contributed by atoms with E-state index in [4.69, 9.17) is 9.47 Å². The third kappa shape index (κ3) is 6.40. The maximum absolute atomic E-state index is 13.1. The van der Waals surface area contributed by atoms with Crippen LogP contribution in [-0.2, 0) is 21.2 Å². The fraction of sp³-hybridized carbons (Fsp3) is 0.536. The summed E-state index contributed by atoms with van der Waals surface area (Å²) in [5, 5.41) is 3.10. The number of piperidine rings is 1. The average Bonchev–Trinajstić information content (AvgIpc) is 2.87. The molecule has 0 saturated carbocycles. The molecule has 1 aliphatic rings. The number of hydrogen-bond acceptors (Lipinski definition) is 5. The molecule has 1 amide bonds. The van der Waals surface area contributed by atoms with Crippen LogP contribution in [0.2, 0.25) is 0 Å². The summed E-state index contributed by atoms with van der Waals surface area (Å²) in [6.07, 6.45) is 3.42. The van der Waals surface area contributed by atoms with Crippen molar-refractivity contribution in [2.75, 3.05) is 27.3 Å². The summed E-state index contributed by atoms with van der Waals surface area (Å²) >= 11 is 0. The van der Waals surface area contributed by atoms with Gasteiger partial charge in [0.2, 0.25) is 15.9 Å². The fourth-order valence-electron chi connectivity index (χ4n) is 4.81. The third-order valence-corrected chi connectivity index (χ3v) is 8.81. The smallest absolute Gasteiger partial charge is 0.243 e. The molecule has 0 radical (unpaired) electrons. The minimum absolute atomic E-state index is 0.102. The number of carbonyl (C=O) groups is 1. The molecule has 7 nitrogen and oxygen atoms in total. The fourth-order valence-corrected chi connectivity index (χ4v) is 6.38. The summed E-state index contributed by atoms with van der Waals surface area (Å²) in [5.41, 5.74) is 3.93. The van der Waals surface area contributed by atoms with Gasteiger partial charge in [0.25, 0.3) is 0 Å². The molecule has 2 aromatic carbocycles. The summed E-state index contributed by atoms with van der Waals surface area (Å²) in [7, 11) is -0.331. The number of rotatable bonds is 10. The molecule has 0 aliphatic carbocycles. The zero-order valence-corrected chi connectivity index (χ0v) is 23.2. The molecule has 3 rings (SSSR count). The van der Waals surface area contributed by atoms with E-state index < -0.39 is 10.0 Å². The second kappa shape index (κ2) is 12.1. The van der Waals surface area contributed by atoms with Gasteiger partial charge < -0.3 is 14.8 Å². The topological polar surface area (TPSA) is 84.9 Å². The van der Waals surface area contributed by atoms with E-state index in [1.807, 2.05) is 19.9 Å². The lowest BCUT2D eigenvalue weighted by Crippen LogP contribution is -2.35. The van der Waals surface area contributed by atoms with E-state index in [1.54, 1.807) is 36.7 Å². The third-order valence-electron chi connectivity index (χ3n) is 6.91. The minimum atomic E-state index is -3.56. The highest BCUT2D eigenvalue weighted by atomic mass is 32.2. The van der Waals surface area contributed by atoms with Crippen molar-refractivity contribution in [3.8, 4) is 11.5 Å². The van der Waals surface area contributed by atoms with Crippen LogP contribution in [0.4, 0.5) is 0 Å². The molecule has 198 valence electrons. The van der Waals surface area contributed by atoms with Crippen molar-refractivity contribution in [3.05, 3.63) is 52.6 Å². The van der Waals surface area contributed by atoms with Crippen molar-refractivity contribution in [1.29, 1.82) is 0 Å². The predicted octanol–water partition coefficient (Wildman–Crippen LogP) is 5.12. The first-order chi connectivity index (χ1) is 17.1. The molecule has 1 atom stereocenters. The lowest BCUT2D eigenvalue weighted by Gasteiger charge is -2.26. The highest BCUT2D eigenvalue weighted by molar-refractivity contribution is 7.89. The van der Waals surface area contributed by atoms with Crippen molar-refractivity contribution in [1.82, 2.24) is 9.62 Å². The summed E-state index contributed by atoms with van der Waals surface area (Å²) in [5.74, 6) is 1.63. The molecule has 8 heteroatoms. The van der Waals surface area contributed by atoms with Gasteiger partial charge >= 0.3 is 0 Å². The van der Waals surface area contributed by atoms with Gasteiger partial charge in [-0.2, -0.15) is 4.31 Å². The van der Waals surface area contributed by atoms with E-state index in [2.05, 4.69) is 25.2 Å². The van der Waals surface area contributed by atoms with Crippen molar-refractivity contribution in [3.63, 3.8) is 0 Å². The number of amides is 1. The normalized spacial score (nSPS) is 15.5. The molecule has 2 aromatic rings. The lowest BCUT2D eigenvalue weighted by molar-refractivity contribution is -0.121. The van der Waals surface area contributed by atoms with Crippen LogP contribution in [0, 0.1) is 6.92 Å². The van der Waals surface area contributed by atoms with Crippen LogP contribution < -0.4 is 14.8 Å². The summed E-state index contributed by atoms with van der Waals surface area (Å²) < 4.78 is 38.8. The first kappa shape index (κ1) is 28.0. The van der Waals surface area contributed by atoms with Gasteiger partial charge in [0.05, 0.1) is 25.2 Å². The molecular weight excluding hydrogens is 476 g/mol. The largest absolute Gasteiger partial charge is 0.496 e. The molecule has 1 heterocycles. The predicted molar refractivity (Wildman–Crippen MR) is 142 cm³/mol. The number of methoxy groups -OCH3 is 2. The second-order valence-corrected chi connectivity index (χ2v) is 11.8. The molecule has 0 spiro atoms. The molecule has 1 aliphatic heterocycles. The van der Waals surface area contributed by atoms with E-state index in [0.29, 0.717) is 36.7 Å². The van der Waals surface area contributed by atoms with Gasteiger partial charge in [-0.25, -0.2) is 8.42 Å². The van der Waals surface area contributed by atoms with Crippen LogP contribution in [0.3, 0.4) is 0 Å². The van der Waals surface area contributed by atoms with Gasteiger partial charge in [0, 0.05) is 19.5 Å². The molecule has 1 fully saturated rings. The van der Waals surface area contributed by atoms with Gasteiger partial charge in [0.1, 0.15) is 11.5 Å². The Bertz CT molecular complexity index is 1170. The molecule has 36 heavy (non-hydrogen) atoms. The van der Waals surface area contributed by atoms with E-state index in [9.17, 15) is 13.2 Å². The summed E-state index contributed by atoms with van der Waals surface area (Å²) in [4.78, 5) is 13.1. The summed E-state index contributed by atoms with van der Waals surface area (Å²) in [6, 6.07) is 8.89. The molecular formula is C28H40N2O5S. The SMILES string of the molecule is COc1ccc(S(=O)(=O)N2CCCCC2)cc1CCC(=O)N[C@H](C)c1cc(C(C)C)c(OC)cc1C. The Balaban J connectivity index is 1.72. The highest BCUT2D eigenvalue weighted by Crippen LogP contribution is 2.32. The zero-order valence-electron chi connectivity index (χ0n) is 22.4. The van der Waals surface area contributed by atoms with E-state index >= 15 is 0 Å². The van der Waals surface area contributed by atoms with E-state index in [-0.39, 0.29) is 23.3 Å². The van der Waals surface area contributed by atoms with Crippen molar-refractivity contribution in [2.24, 2.45) is 0 Å². The maximum atomic E-state index is 13.1. The molecule has 0 bridgehead atoms. The zero-order chi connectivity index (χ0) is 26.5. The van der Waals surface area contributed by atoms with Crippen molar-refractivity contribution < 1.29 is 22.7 Å². The van der Waals surface area contributed by atoms with Gasteiger partial charge in [-0.15, -0.1) is 0 Å². The number of nitrogens with one attached hydrogen (secondary N) is 1. The first-order valence-electron chi connectivity index (χ1n) is 12.7. The Labute approximate surface area is 216 Å². The Morgan fingerprint density at radius 3 is 2.25 bits per heavy atom. The van der Waals surface area contributed by atoms with Crippen molar-refractivity contribution in [2.45, 2.75) is 76.7 Å². The van der Waals surface area contributed by atoms with Crippen LogP contribution in [0.5, 0.6) is 11.5 Å². The molecule has 0 aromatic heterocycles. The minimum Gasteiger partial charge on any atom is -0.496 e. The number of carbonyl (C=O) groups excluding carboxylic acids is 1. The van der Waals surface area contributed by atoms with Gasteiger partial charge in [-0.3, -0.25) is 4.79 Å². The average molecular weight is 517 g/mol. The van der Waals surface area contributed by atoms with Crippen LogP contribution >= 0.6 is 0 Å². The van der Waals surface area contributed by atoms with Crippen LogP contribution in [0.1, 0.15) is 80.7 Å². The number of ether oxygens (including phenoxy) is 2. The lowest BCUT2D eigenvalue weighted by atomic mass is 9.93. The Kier molecular flexibility index (Phi) is 9.41. The van der Waals surface area contributed by atoms with Gasteiger partial charge in [-0.1, -0.05) is 20.3 Å². The van der Waals surface area contributed by atoms with Crippen LogP contribution in [0.15, 0.2) is 35.2 Å². The standard InChI is InChI=1S/C28H40N2O5S/c1-19(2)24-18-25(20(3)16-27(24)35-6)21(4)29-28(31)13-10-22-17-23(11-12-26(22)34-5)36(32,33)30-14-8-7-9-15-30/h11-12,16-19,21H,7-10,13-15H2,1-6H3,(H,29,31)/t21-/m1/s1. The number of nitrogens with zero attached hydrogens (tertiary/aromatic N) is 1. The molecule has 0 unspecified atom stereocenters. The Hall–Kier alpha value is -2.58. The highest BCUT2D eigenvalue weighted by Gasteiger charge is 2.27.